The predicted octanol–water partition coefficient (Wildman–Crippen LogP) is 4.00. The molecule has 25 heavy (non-hydrogen) atoms. The third-order valence-electron chi connectivity index (χ3n) is 3.69. The molecule has 2 aromatic heterocycles. The number of halogens is 1. The maximum atomic E-state index is 4.69. The van der Waals surface area contributed by atoms with Crippen LogP contribution in [0.15, 0.2) is 4.99 Å². The van der Waals surface area contributed by atoms with Gasteiger partial charge in [-0.3, -0.25) is 0 Å². The van der Waals surface area contributed by atoms with Crippen molar-refractivity contribution in [3.63, 3.8) is 0 Å². The smallest absolute Gasteiger partial charge is 0.191 e. The molecule has 2 aromatic rings. The van der Waals surface area contributed by atoms with Crippen LogP contribution < -0.4 is 10.6 Å². The molecule has 140 valence electrons. The van der Waals surface area contributed by atoms with Gasteiger partial charge >= 0.3 is 0 Å². The van der Waals surface area contributed by atoms with E-state index in [4.69, 9.17) is 0 Å². The van der Waals surface area contributed by atoms with Gasteiger partial charge in [-0.25, -0.2) is 15.0 Å². The van der Waals surface area contributed by atoms with Crippen molar-refractivity contribution < 1.29 is 0 Å². The number of aryl methyl sites for hydroxylation is 4. The van der Waals surface area contributed by atoms with Gasteiger partial charge in [0.2, 0.25) is 0 Å². The minimum atomic E-state index is 0. The SMILES string of the molecule is CCNC(=NCc1nc(C)c(C)s1)NCCc1nc(CC)c(C)s1.I. The van der Waals surface area contributed by atoms with Crippen LogP contribution in [0.4, 0.5) is 0 Å². The molecule has 0 bridgehead atoms. The van der Waals surface area contributed by atoms with Gasteiger partial charge in [0.1, 0.15) is 5.01 Å². The summed E-state index contributed by atoms with van der Waals surface area (Å²) in [5.74, 6) is 0.840. The van der Waals surface area contributed by atoms with Crippen LogP contribution in [0.5, 0.6) is 0 Å². The number of thiazole rings is 2. The highest BCUT2D eigenvalue weighted by Gasteiger charge is 2.07. The van der Waals surface area contributed by atoms with E-state index in [1.54, 1.807) is 22.7 Å². The van der Waals surface area contributed by atoms with Crippen LogP contribution in [-0.2, 0) is 19.4 Å². The van der Waals surface area contributed by atoms with Crippen LogP contribution in [0.1, 0.15) is 45.0 Å². The van der Waals surface area contributed by atoms with Gasteiger partial charge in [-0.1, -0.05) is 6.92 Å². The van der Waals surface area contributed by atoms with E-state index >= 15 is 0 Å². The largest absolute Gasteiger partial charge is 0.357 e. The Kier molecular flexibility index (Phi) is 9.88. The van der Waals surface area contributed by atoms with Gasteiger partial charge in [0.25, 0.3) is 0 Å². The molecule has 0 spiro atoms. The van der Waals surface area contributed by atoms with Crippen LogP contribution in [0.25, 0.3) is 0 Å². The third-order valence-corrected chi connectivity index (χ3v) is 5.82. The highest BCUT2D eigenvalue weighted by atomic mass is 127. The molecule has 2 N–H and O–H groups in total. The number of hydrogen-bond acceptors (Lipinski definition) is 5. The Morgan fingerprint density at radius 2 is 1.72 bits per heavy atom. The van der Waals surface area contributed by atoms with Crippen LogP contribution in [0.3, 0.4) is 0 Å². The fraction of sp³-hybridized carbons (Fsp3) is 0.588. The second-order valence-corrected chi connectivity index (χ2v) is 8.16. The van der Waals surface area contributed by atoms with E-state index in [2.05, 4.69) is 53.3 Å². The second-order valence-electron chi connectivity index (χ2n) is 5.59. The minimum Gasteiger partial charge on any atom is -0.357 e. The quantitative estimate of drug-likeness (QED) is 0.348. The van der Waals surface area contributed by atoms with Crippen LogP contribution >= 0.6 is 46.7 Å². The zero-order valence-corrected chi connectivity index (χ0v) is 19.6. The molecule has 0 saturated carbocycles. The summed E-state index contributed by atoms with van der Waals surface area (Å²) in [6.45, 7) is 12.8. The maximum Gasteiger partial charge on any atom is 0.191 e. The second kappa shape index (κ2) is 11.1. The standard InChI is InChI=1S/C17H27N5S2.HI/c1-6-14-13(5)24-15(22-14)8-9-19-17(18-7-2)20-10-16-21-11(3)12(4)23-16;/h6-10H2,1-5H3,(H2,18,19,20);1H. The lowest BCUT2D eigenvalue weighted by atomic mass is 10.3. The van der Waals surface area contributed by atoms with Crippen molar-refractivity contribution in [1.82, 2.24) is 20.6 Å². The van der Waals surface area contributed by atoms with Gasteiger partial charge in [-0.2, -0.15) is 0 Å². The molecular formula is C17H28IN5S2. The molecule has 0 aliphatic carbocycles. The van der Waals surface area contributed by atoms with Crippen LogP contribution in [-0.4, -0.2) is 29.0 Å². The molecule has 2 rings (SSSR count). The van der Waals surface area contributed by atoms with Crippen molar-refractivity contribution in [2.24, 2.45) is 4.99 Å². The van der Waals surface area contributed by atoms with Crippen LogP contribution in [0, 0.1) is 20.8 Å². The number of nitrogens with one attached hydrogen (secondary N) is 2. The average molecular weight is 493 g/mol. The number of aromatic nitrogens is 2. The van der Waals surface area contributed by atoms with E-state index in [9.17, 15) is 0 Å². The molecule has 0 fully saturated rings. The number of hydrogen-bond donors (Lipinski definition) is 2. The lowest BCUT2D eigenvalue weighted by Crippen LogP contribution is -2.38. The van der Waals surface area contributed by atoms with Crippen molar-refractivity contribution in [2.75, 3.05) is 13.1 Å². The molecule has 8 heteroatoms. The molecular weight excluding hydrogens is 465 g/mol. The van der Waals surface area contributed by atoms with Gasteiger partial charge in [0.15, 0.2) is 5.96 Å². The Hall–Kier alpha value is -0.740. The first kappa shape index (κ1) is 22.3. The third kappa shape index (κ3) is 6.82. The Labute approximate surface area is 175 Å². The summed E-state index contributed by atoms with van der Waals surface area (Å²) < 4.78 is 0. The molecule has 0 atom stereocenters. The molecule has 0 aliphatic rings. The van der Waals surface area contributed by atoms with Gasteiger partial charge < -0.3 is 10.6 Å². The fourth-order valence-electron chi connectivity index (χ4n) is 2.31. The molecule has 0 unspecified atom stereocenters. The summed E-state index contributed by atoms with van der Waals surface area (Å²) in [4.78, 5) is 16.5. The summed E-state index contributed by atoms with van der Waals surface area (Å²) >= 11 is 3.52. The van der Waals surface area contributed by atoms with Gasteiger partial charge in [0.05, 0.1) is 22.9 Å². The molecule has 0 aromatic carbocycles. The summed E-state index contributed by atoms with van der Waals surface area (Å²) in [5.41, 5.74) is 2.33. The Balaban J connectivity index is 0.00000312. The van der Waals surface area contributed by atoms with Crippen LogP contribution in [0.2, 0.25) is 0 Å². The maximum absolute atomic E-state index is 4.69. The van der Waals surface area contributed by atoms with Crippen molar-refractivity contribution in [2.45, 2.75) is 54.0 Å². The first-order valence-corrected chi connectivity index (χ1v) is 10.1. The predicted molar refractivity (Wildman–Crippen MR) is 120 cm³/mol. The number of rotatable bonds is 7. The molecule has 0 radical (unpaired) electrons. The van der Waals surface area contributed by atoms with Crippen molar-refractivity contribution >= 4 is 52.6 Å². The normalized spacial score (nSPS) is 11.3. The van der Waals surface area contributed by atoms with Gasteiger partial charge in [-0.05, 0) is 34.1 Å². The summed E-state index contributed by atoms with van der Waals surface area (Å²) in [6, 6.07) is 0. The van der Waals surface area contributed by atoms with E-state index in [1.165, 1.54) is 20.5 Å². The van der Waals surface area contributed by atoms with E-state index in [0.717, 1.165) is 42.6 Å². The minimum absolute atomic E-state index is 0. The average Bonchev–Trinajstić information content (AvgIpc) is 3.07. The lowest BCUT2D eigenvalue weighted by molar-refractivity contribution is 0.793. The van der Waals surface area contributed by atoms with E-state index in [1.807, 2.05) is 6.92 Å². The van der Waals surface area contributed by atoms with Crippen molar-refractivity contribution in [1.29, 1.82) is 0 Å². The van der Waals surface area contributed by atoms with Gasteiger partial charge in [0, 0.05) is 29.3 Å². The topological polar surface area (TPSA) is 62.2 Å². The highest BCUT2D eigenvalue weighted by Crippen LogP contribution is 2.18. The zero-order chi connectivity index (χ0) is 17.5. The van der Waals surface area contributed by atoms with Crippen molar-refractivity contribution in [3.05, 3.63) is 31.2 Å². The summed E-state index contributed by atoms with van der Waals surface area (Å²) in [7, 11) is 0. The number of guanidine groups is 1. The van der Waals surface area contributed by atoms with E-state index in [-0.39, 0.29) is 24.0 Å². The first-order chi connectivity index (χ1) is 11.5. The fourth-order valence-corrected chi connectivity index (χ4v) is 4.19. The Morgan fingerprint density at radius 1 is 1.00 bits per heavy atom. The zero-order valence-electron chi connectivity index (χ0n) is 15.6. The molecule has 0 aliphatic heterocycles. The monoisotopic (exact) mass is 493 g/mol. The van der Waals surface area contributed by atoms with Crippen molar-refractivity contribution in [3.8, 4) is 0 Å². The molecule has 2 heterocycles. The summed E-state index contributed by atoms with van der Waals surface area (Å²) in [5, 5.41) is 8.93. The summed E-state index contributed by atoms with van der Waals surface area (Å²) in [6.07, 6.45) is 1.93. The first-order valence-electron chi connectivity index (χ1n) is 8.43. The van der Waals surface area contributed by atoms with E-state index < -0.39 is 0 Å². The molecule has 0 saturated heterocycles. The number of aliphatic imine (C=N–C) groups is 1. The highest BCUT2D eigenvalue weighted by molar-refractivity contribution is 14.0. The molecule has 5 nitrogen and oxygen atoms in total. The molecule has 0 amide bonds. The Bertz CT molecular complexity index is 674. The number of nitrogens with zero attached hydrogens (tertiary/aromatic N) is 3. The van der Waals surface area contributed by atoms with E-state index in [0.29, 0.717) is 6.54 Å². The Morgan fingerprint density at radius 3 is 2.28 bits per heavy atom. The van der Waals surface area contributed by atoms with Gasteiger partial charge in [-0.15, -0.1) is 46.7 Å². The lowest BCUT2D eigenvalue weighted by Gasteiger charge is -2.10.